The lowest BCUT2D eigenvalue weighted by atomic mass is 10.2. The van der Waals surface area contributed by atoms with Crippen LogP contribution in [0.25, 0.3) is 0 Å². The topological polar surface area (TPSA) is 76.1 Å². The molecule has 0 aliphatic carbocycles. The summed E-state index contributed by atoms with van der Waals surface area (Å²) < 4.78 is 39.1. The van der Waals surface area contributed by atoms with Crippen molar-refractivity contribution in [3.63, 3.8) is 0 Å². The Balaban J connectivity index is 1.36. The Morgan fingerprint density at radius 2 is 1.73 bits per heavy atom. The number of hydrogen-bond acceptors (Lipinski definition) is 5. The van der Waals surface area contributed by atoms with Gasteiger partial charge in [0, 0.05) is 25.3 Å². The van der Waals surface area contributed by atoms with Crippen LogP contribution in [0.15, 0.2) is 47.4 Å². The van der Waals surface area contributed by atoms with Gasteiger partial charge in [0.25, 0.3) is 5.91 Å². The Morgan fingerprint density at radius 3 is 2.53 bits per heavy atom. The van der Waals surface area contributed by atoms with E-state index in [0.717, 1.165) is 30.5 Å². The van der Waals surface area contributed by atoms with Gasteiger partial charge in [0.2, 0.25) is 16.1 Å². The number of sulfonamides is 1. The number of anilines is 1. The Morgan fingerprint density at radius 1 is 0.967 bits per heavy atom. The number of para-hydroxylation sites is 2. The molecule has 0 N–H and O–H groups in total. The number of benzene rings is 2. The molecule has 3 aliphatic heterocycles. The number of fused-ring (bicyclic) bond motifs is 2. The zero-order valence-electron chi connectivity index (χ0n) is 16.6. The van der Waals surface area contributed by atoms with Gasteiger partial charge in [0.05, 0.1) is 4.90 Å². The lowest BCUT2D eigenvalue weighted by molar-refractivity contribution is -0.127. The van der Waals surface area contributed by atoms with E-state index in [4.69, 9.17) is 9.47 Å². The predicted octanol–water partition coefficient (Wildman–Crippen LogP) is 2.59. The van der Waals surface area contributed by atoms with Crippen LogP contribution in [-0.2, 0) is 21.2 Å². The first-order valence-electron chi connectivity index (χ1n) is 10.4. The zero-order chi connectivity index (χ0) is 20.7. The Hall–Kier alpha value is -2.58. The van der Waals surface area contributed by atoms with E-state index >= 15 is 0 Å². The van der Waals surface area contributed by atoms with Crippen molar-refractivity contribution in [1.29, 1.82) is 0 Å². The number of hydrogen-bond donors (Lipinski definition) is 0. The number of nitrogens with zero attached hydrogens (tertiary/aromatic N) is 2. The fourth-order valence-electron chi connectivity index (χ4n) is 4.34. The Kier molecular flexibility index (Phi) is 4.91. The number of piperidine rings is 1. The second kappa shape index (κ2) is 7.59. The molecular formula is C22H24N2O5S. The van der Waals surface area contributed by atoms with Gasteiger partial charge in [0.15, 0.2) is 11.5 Å². The Bertz CT molecular complexity index is 1080. The molecule has 0 aromatic heterocycles. The third-order valence-corrected chi connectivity index (χ3v) is 7.84. The van der Waals surface area contributed by atoms with Crippen LogP contribution in [0.1, 0.15) is 24.8 Å². The van der Waals surface area contributed by atoms with Gasteiger partial charge in [-0.15, -0.1) is 0 Å². The van der Waals surface area contributed by atoms with Gasteiger partial charge in [-0.05, 0) is 55.2 Å². The van der Waals surface area contributed by atoms with E-state index in [-0.39, 0.29) is 12.5 Å². The molecule has 1 saturated heterocycles. The minimum Gasteiger partial charge on any atom is -0.485 e. The van der Waals surface area contributed by atoms with Gasteiger partial charge >= 0.3 is 0 Å². The fraction of sp³-hybridized carbons (Fsp3) is 0.409. The van der Waals surface area contributed by atoms with Crippen LogP contribution in [0, 0.1) is 0 Å². The number of ether oxygens (including phenoxy) is 2. The van der Waals surface area contributed by atoms with E-state index in [0.29, 0.717) is 42.4 Å². The smallest absolute Gasteiger partial charge is 0.271 e. The first kappa shape index (κ1) is 19.4. The molecule has 30 heavy (non-hydrogen) atoms. The number of carbonyl (C=O) groups excluding carboxylic acids is 1. The summed E-state index contributed by atoms with van der Waals surface area (Å²) in [5.74, 6) is 1.02. The first-order valence-corrected chi connectivity index (χ1v) is 11.8. The summed E-state index contributed by atoms with van der Waals surface area (Å²) in [6, 6.07) is 12.4. The summed E-state index contributed by atoms with van der Waals surface area (Å²) in [6.45, 7) is 1.81. The molecule has 0 bridgehead atoms. The molecule has 1 amide bonds. The van der Waals surface area contributed by atoms with E-state index in [9.17, 15) is 13.2 Å². The molecule has 0 saturated carbocycles. The van der Waals surface area contributed by atoms with Gasteiger partial charge < -0.3 is 14.4 Å². The second-order valence-corrected chi connectivity index (χ2v) is 9.80. The summed E-state index contributed by atoms with van der Waals surface area (Å²) in [7, 11) is -3.49. The summed E-state index contributed by atoms with van der Waals surface area (Å²) in [4.78, 5) is 15.1. The molecule has 8 heteroatoms. The van der Waals surface area contributed by atoms with E-state index in [2.05, 4.69) is 0 Å². The first-order chi connectivity index (χ1) is 14.5. The maximum Gasteiger partial charge on any atom is 0.271 e. The van der Waals surface area contributed by atoms with Gasteiger partial charge in [-0.2, -0.15) is 4.31 Å². The largest absolute Gasteiger partial charge is 0.485 e. The minimum atomic E-state index is -3.49. The van der Waals surface area contributed by atoms with Gasteiger partial charge in [-0.3, -0.25) is 4.79 Å². The van der Waals surface area contributed by atoms with Crippen molar-refractivity contribution < 1.29 is 22.7 Å². The molecule has 0 spiro atoms. The summed E-state index contributed by atoms with van der Waals surface area (Å²) >= 11 is 0. The number of carbonyl (C=O) groups is 1. The summed E-state index contributed by atoms with van der Waals surface area (Å²) in [6.07, 6.45) is 2.78. The van der Waals surface area contributed by atoms with Crippen molar-refractivity contribution in [3.05, 3.63) is 48.0 Å². The molecule has 2 aromatic carbocycles. The van der Waals surface area contributed by atoms with Crippen molar-refractivity contribution >= 4 is 21.6 Å². The molecule has 3 aliphatic rings. The maximum atomic E-state index is 13.1. The van der Waals surface area contributed by atoms with Crippen LogP contribution < -0.4 is 14.4 Å². The van der Waals surface area contributed by atoms with E-state index in [1.165, 1.54) is 0 Å². The molecule has 0 radical (unpaired) electrons. The Labute approximate surface area is 176 Å². The highest BCUT2D eigenvalue weighted by molar-refractivity contribution is 7.89. The van der Waals surface area contributed by atoms with E-state index in [1.807, 2.05) is 18.2 Å². The van der Waals surface area contributed by atoms with Crippen molar-refractivity contribution in [2.24, 2.45) is 0 Å². The van der Waals surface area contributed by atoms with Crippen molar-refractivity contribution in [1.82, 2.24) is 4.31 Å². The fourth-order valence-corrected chi connectivity index (χ4v) is 5.91. The number of rotatable bonds is 3. The molecule has 2 aromatic rings. The minimum absolute atomic E-state index is 0.156. The van der Waals surface area contributed by atoms with Gasteiger partial charge in [-0.25, -0.2) is 8.42 Å². The molecular weight excluding hydrogens is 404 g/mol. The normalized spacial score (nSPS) is 21.3. The predicted molar refractivity (Wildman–Crippen MR) is 111 cm³/mol. The third-order valence-electron chi connectivity index (χ3n) is 5.95. The highest BCUT2D eigenvalue weighted by Crippen LogP contribution is 2.35. The number of amides is 1. The van der Waals surface area contributed by atoms with E-state index in [1.54, 1.807) is 33.5 Å². The standard InChI is InChI=1S/C22H24N2O5S/c25-22(21-15-28-19-6-2-3-7-20(19)29-21)24-13-10-16-14-17(8-9-18(16)24)30(26,27)23-11-4-1-5-12-23/h2-3,6-9,14,21H,1,4-5,10-13,15H2/t21-/m0/s1. The third kappa shape index (κ3) is 3.33. The van der Waals surface area contributed by atoms with Crippen LogP contribution in [0.3, 0.4) is 0 Å². The van der Waals surface area contributed by atoms with Gasteiger partial charge in [-0.1, -0.05) is 18.6 Å². The van der Waals surface area contributed by atoms with Crippen LogP contribution in [-0.4, -0.2) is 51.0 Å². The van der Waals surface area contributed by atoms with Gasteiger partial charge in [0.1, 0.15) is 6.61 Å². The van der Waals surface area contributed by atoms with Crippen LogP contribution >= 0.6 is 0 Å². The molecule has 7 nitrogen and oxygen atoms in total. The molecule has 3 heterocycles. The average Bonchev–Trinajstić information content (AvgIpc) is 3.22. The molecule has 5 rings (SSSR count). The highest BCUT2D eigenvalue weighted by atomic mass is 32.2. The van der Waals surface area contributed by atoms with Crippen LogP contribution in [0.2, 0.25) is 0 Å². The maximum absolute atomic E-state index is 13.1. The van der Waals surface area contributed by atoms with Crippen LogP contribution in [0.4, 0.5) is 5.69 Å². The molecule has 158 valence electrons. The van der Waals surface area contributed by atoms with E-state index < -0.39 is 16.1 Å². The van der Waals surface area contributed by atoms with Crippen LogP contribution in [0.5, 0.6) is 11.5 Å². The summed E-state index contributed by atoms with van der Waals surface area (Å²) in [5, 5.41) is 0. The highest BCUT2D eigenvalue weighted by Gasteiger charge is 2.35. The molecule has 1 fully saturated rings. The average molecular weight is 429 g/mol. The lowest BCUT2D eigenvalue weighted by Gasteiger charge is -2.29. The SMILES string of the molecule is O=C([C@@H]1COc2ccccc2O1)N1CCc2cc(S(=O)(=O)N3CCCCC3)ccc21. The quantitative estimate of drug-likeness (QED) is 0.751. The molecule has 0 unspecified atom stereocenters. The monoisotopic (exact) mass is 428 g/mol. The second-order valence-electron chi connectivity index (χ2n) is 7.86. The molecule has 1 atom stereocenters. The zero-order valence-corrected chi connectivity index (χ0v) is 17.4. The summed E-state index contributed by atoms with van der Waals surface area (Å²) in [5.41, 5.74) is 1.62. The lowest BCUT2D eigenvalue weighted by Crippen LogP contribution is -2.46. The van der Waals surface area contributed by atoms with Crippen molar-refractivity contribution in [2.75, 3.05) is 31.1 Å². The van der Waals surface area contributed by atoms with Crippen molar-refractivity contribution in [2.45, 2.75) is 36.7 Å². The van der Waals surface area contributed by atoms with Crippen molar-refractivity contribution in [3.8, 4) is 11.5 Å².